The van der Waals surface area contributed by atoms with E-state index >= 15 is 0 Å². The first-order chi connectivity index (χ1) is 7.59. The van der Waals surface area contributed by atoms with Crippen molar-refractivity contribution in [3.8, 4) is 0 Å². The van der Waals surface area contributed by atoms with Crippen LogP contribution in [0, 0.1) is 0 Å². The summed E-state index contributed by atoms with van der Waals surface area (Å²) in [6.07, 6.45) is 3.94. The number of Topliss-reactive ketones (excluding diaryl/α,β-unsaturated/α-hetero) is 1. The van der Waals surface area contributed by atoms with Gasteiger partial charge < -0.3 is 4.79 Å². The number of rotatable bonds is 6. The van der Waals surface area contributed by atoms with Crippen LogP contribution in [0.5, 0.6) is 0 Å². The Balaban J connectivity index is 2.35. The number of ketones is 1. The maximum Gasteiger partial charge on any atom is 0.129 e. The Bertz CT molecular complexity index is 322. The lowest BCUT2D eigenvalue weighted by molar-refractivity contribution is -0.117. The number of aryl methyl sites for hydroxylation is 1. The fourth-order valence-electron chi connectivity index (χ4n) is 1.77. The summed E-state index contributed by atoms with van der Waals surface area (Å²) >= 11 is 0. The zero-order valence-electron chi connectivity index (χ0n) is 10.6. The minimum atomic E-state index is 0.301. The monoisotopic (exact) mass is 218 g/mol. The molecule has 0 radical (unpaired) electrons. The molecular weight excluding hydrogens is 196 g/mol. The number of hydrogen-bond acceptors (Lipinski definition) is 1. The molecule has 1 aromatic rings. The van der Waals surface area contributed by atoms with Gasteiger partial charge in [-0.25, -0.2) is 0 Å². The van der Waals surface area contributed by atoms with Crippen molar-refractivity contribution in [1.82, 2.24) is 0 Å². The summed E-state index contributed by atoms with van der Waals surface area (Å²) in [7, 11) is 0. The van der Waals surface area contributed by atoms with Crippen molar-refractivity contribution >= 4 is 5.78 Å². The standard InChI is InChI=1S/C15H22O/c1-12(2)15-10-8-14(9-11-15)7-5-4-6-13(3)16/h8-12H,4-7H2,1-3H3. The SMILES string of the molecule is CC(=O)CCCCc1ccc(C(C)C)cc1. The molecule has 1 heteroatoms. The third-order valence-corrected chi connectivity index (χ3v) is 2.89. The average Bonchev–Trinajstić information content (AvgIpc) is 2.25. The van der Waals surface area contributed by atoms with Gasteiger partial charge in [-0.2, -0.15) is 0 Å². The van der Waals surface area contributed by atoms with Crippen LogP contribution in [0.4, 0.5) is 0 Å². The predicted molar refractivity (Wildman–Crippen MR) is 68.8 cm³/mol. The lowest BCUT2D eigenvalue weighted by Crippen LogP contribution is -1.92. The van der Waals surface area contributed by atoms with Gasteiger partial charge in [0.25, 0.3) is 0 Å². The van der Waals surface area contributed by atoms with E-state index in [4.69, 9.17) is 0 Å². The first kappa shape index (κ1) is 13.0. The van der Waals surface area contributed by atoms with Crippen molar-refractivity contribution in [3.05, 3.63) is 35.4 Å². The van der Waals surface area contributed by atoms with Crippen LogP contribution < -0.4 is 0 Å². The van der Waals surface area contributed by atoms with E-state index in [0.29, 0.717) is 11.7 Å². The van der Waals surface area contributed by atoms with Gasteiger partial charge in [0.1, 0.15) is 5.78 Å². The first-order valence-corrected chi connectivity index (χ1v) is 6.18. The minimum absolute atomic E-state index is 0.301. The molecule has 16 heavy (non-hydrogen) atoms. The van der Waals surface area contributed by atoms with E-state index in [9.17, 15) is 4.79 Å². The average molecular weight is 218 g/mol. The molecule has 0 saturated carbocycles. The smallest absolute Gasteiger partial charge is 0.129 e. The zero-order valence-corrected chi connectivity index (χ0v) is 10.6. The van der Waals surface area contributed by atoms with Crippen molar-refractivity contribution in [2.24, 2.45) is 0 Å². The largest absolute Gasteiger partial charge is 0.300 e. The Hall–Kier alpha value is -1.11. The predicted octanol–water partition coefficient (Wildman–Crippen LogP) is 4.11. The van der Waals surface area contributed by atoms with Crippen molar-refractivity contribution in [2.45, 2.75) is 52.4 Å². The Morgan fingerprint density at radius 1 is 1.12 bits per heavy atom. The van der Waals surface area contributed by atoms with Crippen molar-refractivity contribution in [2.75, 3.05) is 0 Å². The summed E-state index contributed by atoms with van der Waals surface area (Å²) in [6.45, 7) is 6.08. The molecule has 1 nitrogen and oxygen atoms in total. The van der Waals surface area contributed by atoms with Crippen molar-refractivity contribution in [1.29, 1.82) is 0 Å². The number of benzene rings is 1. The van der Waals surface area contributed by atoms with Crippen LogP contribution >= 0.6 is 0 Å². The first-order valence-electron chi connectivity index (χ1n) is 6.18. The van der Waals surface area contributed by atoms with Gasteiger partial charge in [0.05, 0.1) is 0 Å². The molecule has 1 rings (SSSR count). The summed E-state index contributed by atoms with van der Waals surface area (Å²) in [6, 6.07) is 8.85. The Labute approximate surface area is 98.9 Å². The third-order valence-electron chi connectivity index (χ3n) is 2.89. The van der Waals surface area contributed by atoms with Gasteiger partial charge in [0, 0.05) is 6.42 Å². The maximum absolute atomic E-state index is 10.8. The van der Waals surface area contributed by atoms with Gasteiger partial charge in [-0.15, -0.1) is 0 Å². The molecule has 0 fully saturated rings. The van der Waals surface area contributed by atoms with Crippen LogP contribution in [0.3, 0.4) is 0 Å². The Morgan fingerprint density at radius 2 is 1.75 bits per heavy atom. The molecule has 0 N–H and O–H groups in total. The van der Waals surface area contributed by atoms with Gasteiger partial charge in [0.15, 0.2) is 0 Å². The number of hydrogen-bond donors (Lipinski definition) is 0. The molecule has 88 valence electrons. The molecule has 0 aliphatic heterocycles. The number of carbonyl (C=O) groups is 1. The second-order valence-corrected chi connectivity index (χ2v) is 4.81. The Kier molecular flexibility index (Phi) is 5.24. The van der Waals surface area contributed by atoms with Crippen LogP contribution in [0.25, 0.3) is 0 Å². The van der Waals surface area contributed by atoms with Crippen molar-refractivity contribution < 1.29 is 4.79 Å². The van der Waals surface area contributed by atoms with E-state index in [1.165, 1.54) is 11.1 Å². The van der Waals surface area contributed by atoms with Gasteiger partial charge in [0.2, 0.25) is 0 Å². The van der Waals surface area contributed by atoms with Gasteiger partial charge >= 0.3 is 0 Å². The van der Waals surface area contributed by atoms with Gasteiger partial charge in [-0.3, -0.25) is 0 Å². The van der Waals surface area contributed by atoms with E-state index in [0.717, 1.165) is 25.7 Å². The third kappa shape index (κ3) is 4.61. The van der Waals surface area contributed by atoms with Gasteiger partial charge in [-0.05, 0) is 43.2 Å². The summed E-state index contributed by atoms with van der Waals surface area (Å²) in [5, 5.41) is 0. The lowest BCUT2D eigenvalue weighted by atomic mass is 9.99. The molecule has 0 bridgehead atoms. The van der Waals surface area contributed by atoms with E-state index in [-0.39, 0.29) is 0 Å². The van der Waals surface area contributed by atoms with E-state index in [2.05, 4.69) is 38.1 Å². The molecule has 0 unspecified atom stereocenters. The van der Waals surface area contributed by atoms with E-state index in [1.54, 1.807) is 6.92 Å². The topological polar surface area (TPSA) is 17.1 Å². The molecule has 0 aliphatic rings. The second kappa shape index (κ2) is 6.47. The lowest BCUT2D eigenvalue weighted by Gasteiger charge is -2.06. The van der Waals surface area contributed by atoms with E-state index < -0.39 is 0 Å². The Morgan fingerprint density at radius 3 is 2.25 bits per heavy atom. The van der Waals surface area contributed by atoms with Crippen LogP contribution in [-0.4, -0.2) is 5.78 Å². The number of unbranched alkanes of at least 4 members (excludes halogenated alkanes) is 1. The molecular formula is C15H22O. The number of carbonyl (C=O) groups excluding carboxylic acids is 1. The molecule has 0 spiro atoms. The molecule has 0 atom stereocenters. The zero-order chi connectivity index (χ0) is 12.0. The van der Waals surface area contributed by atoms with Crippen LogP contribution in [0.15, 0.2) is 24.3 Å². The van der Waals surface area contributed by atoms with Gasteiger partial charge in [-0.1, -0.05) is 38.1 Å². The molecule has 0 saturated heterocycles. The minimum Gasteiger partial charge on any atom is -0.300 e. The molecule has 0 aliphatic carbocycles. The highest BCUT2D eigenvalue weighted by molar-refractivity contribution is 5.75. The van der Waals surface area contributed by atoms with Crippen LogP contribution in [-0.2, 0) is 11.2 Å². The summed E-state index contributed by atoms with van der Waals surface area (Å²) in [5.74, 6) is 0.905. The molecule has 0 amide bonds. The summed E-state index contributed by atoms with van der Waals surface area (Å²) in [5.41, 5.74) is 2.78. The molecule has 0 heterocycles. The quantitative estimate of drug-likeness (QED) is 0.657. The summed E-state index contributed by atoms with van der Waals surface area (Å²) < 4.78 is 0. The maximum atomic E-state index is 10.8. The normalized spacial score (nSPS) is 10.8. The fraction of sp³-hybridized carbons (Fsp3) is 0.533. The second-order valence-electron chi connectivity index (χ2n) is 4.81. The highest BCUT2D eigenvalue weighted by Crippen LogP contribution is 2.15. The van der Waals surface area contributed by atoms with Crippen molar-refractivity contribution in [3.63, 3.8) is 0 Å². The highest BCUT2D eigenvalue weighted by atomic mass is 16.1. The molecule has 0 aromatic heterocycles. The van der Waals surface area contributed by atoms with Crippen LogP contribution in [0.1, 0.15) is 57.1 Å². The summed E-state index contributed by atoms with van der Waals surface area (Å²) in [4.78, 5) is 10.8. The fourth-order valence-corrected chi connectivity index (χ4v) is 1.77. The van der Waals surface area contributed by atoms with Crippen LogP contribution in [0.2, 0.25) is 0 Å². The van der Waals surface area contributed by atoms with E-state index in [1.807, 2.05) is 0 Å². The highest BCUT2D eigenvalue weighted by Gasteiger charge is 1.99. The molecule has 1 aromatic carbocycles.